The van der Waals surface area contributed by atoms with E-state index in [1.807, 2.05) is 45.2 Å². The Bertz CT molecular complexity index is 484. The van der Waals surface area contributed by atoms with Crippen molar-refractivity contribution in [2.45, 2.75) is 52.2 Å². The molecule has 1 aliphatic heterocycles. The fraction of sp³-hybridized carbons (Fsp3) is 0.647. The minimum Gasteiger partial charge on any atom is -0.444 e. The number of anilines is 1. The molecule has 122 valence electrons. The quantitative estimate of drug-likeness (QED) is 0.931. The minimum absolute atomic E-state index is 0.0846. The summed E-state index contributed by atoms with van der Waals surface area (Å²) in [6.45, 7) is 9.61. The van der Waals surface area contributed by atoms with Gasteiger partial charge in [0.15, 0.2) is 0 Å². The van der Waals surface area contributed by atoms with Crippen LogP contribution < -0.4 is 10.2 Å². The van der Waals surface area contributed by atoms with E-state index in [9.17, 15) is 4.79 Å². The molecule has 0 radical (unpaired) electrons. The second-order valence-corrected chi connectivity index (χ2v) is 6.97. The fourth-order valence-corrected chi connectivity index (χ4v) is 2.78. The van der Waals surface area contributed by atoms with Crippen molar-refractivity contribution in [2.24, 2.45) is 5.92 Å². The maximum atomic E-state index is 11.9. The molecule has 1 fully saturated rings. The third-order valence-electron chi connectivity index (χ3n) is 3.88. The molecule has 5 nitrogen and oxygen atoms in total. The number of hydrogen-bond donors (Lipinski definition) is 1. The lowest BCUT2D eigenvalue weighted by Gasteiger charge is -2.36. The zero-order valence-corrected chi connectivity index (χ0v) is 14.0. The lowest BCUT2D eigenvalue weighted by atomic mass is 9.91. The van der Waals surface area contributed by atoms with Crippen molar-refractivity contribution < 1.29 is 9.53 Å². The van der Waals surface area contributed by atoms with Crippen LogP contribution in [0.25, 0.3) is 0 Å². The molecule has 0 saturated carbocycles. The maximum absolute atomic E-state index is 11.9. The van der Waals surface area contributed by atoms with E-state index in [0.717, 1.165) is 31.7 Å². The van der Waals surface area contributed by atoms with Gasteiger partial charge >= 0.3 is 6.09 Å². The molecule has 0 aromatic carbocycles. The highest BCUT2D eigenvalue weighted by molar-refractivity contribution is 5.68. The largest absolute Gasteiger partial charge is 0.444 e. The number of aromatic nitrogens is 1. The van der Waals surface area contributed by atoms with Crippen molar-refractivity contribution >= 4 is 11.9 Å². The van der Waals surface area contributed by atoms with Crippen LogP contribution in [0.15, 0.2) is 24.4 Å². The van der Waals surface area contributed by atoms with E-state index in [1.165, 1.54) is 0 Å². The molecule has 2 atom stereocenters. The lowest BCUT2D eigenvalue weighted by Crippen LogP contribution is -2.47. The number of pyridine rings is 1. The summed E-state index contributed by atoms with van der Waals surface area (Å²) < 4.78 is 5.33. The van der Waals surface area contributed by atoms with Gasteiger partial charge in [0, 0.05) is 25.3 Å². The predicted octanol–water partition coefficient (Wildman–Crippen LogP) is 3.21. The Morgan fingerprint density at radius 1 is 1.45 bits per heavy atom. The SMILES string of the molecule is C[C@@H](NC(=O)OC(C)(C)C)[C@H]1CCCN(c2ccccn2)C1. The first-order chi connectivity index (χ1) is 10.3. The van der Waals surface area contributed by atoms with Gasteiger partial charge in [0.1, 0.15) is 11.4 Å². The predicted molar refractivity (Wildman–Crippen MR) is 88.0 cm³/mol. The molecule has 0 aliphatic carbocycles. The highest BCUT2D eigenvalue weighted by Gasteiger charge is 2.27. The molecule has 1 saturated heterocycles. The van der Waals surface area contributed by atoms with Crippen LogP contribution in [-0.4, -0.2) is 35.8 Å². The van der Waals surface area contributed by atoms with Gasteiger partial charge in [0.2, 0.25) is 0 Å². The first-order valence-electron chi connectivity index (χ1n) is 8.00. The van der Waals surface area contributed by atoms with Gasteiger partial charge in [-0.25, -0.2) is 9.78 Å². The molecule has 1 aromatic rings. The number of nitrogens with zero attached hydrogens (tertiary/aromatic N) is 2. The van der Waals surface area contributed by atoms with Gasteiger partial charge in [-0.15, -0.1) is 0 Å². The summed E-state index contributed by atoms with van der Waals surface area (Å²) in [5.41, 5.74) is -0.462. The molecule has 2 heterocycles. The van der Waals surface area contributed by atoms with Crippen LogP contribution >= 0.6 is 0 Å². The van der Waals surface area contributed by atoms with E-state index in [0.29, 0.717) is 5.92 Å². The third kappa shape index (κ3) is 4.90. The topological polar surface area (TPSA) is 54.5 Å². The summed E-state index contributed by atoms with van der Waals surface area (Å²) in [7, 11) is 0. The lowest BCUT2D eigenvalue weighted by molar-refractivity contribution is 0.0489. The molecular formula is C17H27N3O2. The summed E-state index contributed by atoms with van der Waals surface area (Å²) in [6, 6.07) is 6.06. The Labute approximate surface area is 133 Å². The third-order valence-corrected chi connectivity index (χ3v) is 3.88. The second-order valence-electron chi connectivity index (χ2n) is 6.97. The van der Waals surface area contributed by atoms with E-state index in [4.69, 9.17) is 4.74 Å². The molecule has 0 spiro atoms. The highest BCUT2D eigenvalue weighted by atomic mass is 16.6. The maximum Gasteiger partial charge on any atom is 0.407 e. The molecular weight excluding hydrogens is 278 g/mol. The van der Waals surface area contributed by atoms with E-state index < -0.39 is 5.60 Å². The van der Waals surface area contributed by atoms with E-state index in [1.54, 1.807) is 0 Å². The van der Waals surface area contributed by atoms with Crippen molar-refractivity contribution in [3.63, 3.8) is 0 Å². The first-order valence-corrected chi connectivity index (χ1v) is 8.00. The van der Waals surface area contributed by atoms with Gasteiger partial charge in [-0.2, -0.15) is 0 Å². The number of amides is 1. The first kappa shape index (κ1) is 16.6. The van der Waals surface area contributed by atoms with Gasteiger partial charge in [-0.3, -0.25) is 0 Å². The van der Waals surface area contributed by atoms with Gasteiger partial charge in [0.05, 0.1) is 0 Å². The molecule has 22 heavy (non-hydrogen) atoms. The van der Waals surface area contributed by atoms with Gasteiger partial charge in [-0.1, -0.05) is 6.07 Å². The monoisotopic (exact) mass is 305 g/mol. The van der Waals surface area contributed by atoms with Crippen LogP contribution in [0.1, 0.15) is 40.5 Å². The van der Waals surface area contributed by atoms with Crippen LogP contribution in [0.2, 0.25) is 0 Å². The number of carbonyl (C=O) groups excluding carboxylic acids is 1. The number of carbonyl (C=O) groups is 1. The molecule has 0 bridgehead atoms. The molecule has 1 aromatic heterocycles. The summed E-state index contributed by atoms with van der Waals surface area (Å²) >= 11 is 0. The molecule has 1 amide bonds. The van der Waals surface area contributed by atoms with Crippen molar-refractivity contribution in [2.75, 3.05) is 18.0 Å². The Morgan fingerprint density at radius 3 is 2.86 bits per heavy atom. The second kappa shape index (κ2) is 6.99. The smallest absolute Gasteiger partial charge is 0.407 e. The van der Waals surface area contributed by atoms with Crippen LogP contribution in [0, 0.1) is 5.92 Å². The number of ether oxygens (including phenoxy) is 1. The Morgan fingerprint density at radius 2 is 2.23 bits per heavy atom. The standard InChI is InChI=1S/C17H27N3O2/c1-13(19-16(21)22-17(2,3)4)14-8-7-11-20(12-14)15-9-5-6-10-18-15/h5-6,9-10,13-14H,7-8,11-12H2,1-4H3,(H,19,21)/t13-,14+/m1/s1. The van der Waals surface area contributed by atoms with E-state index in [2.05, 4.69) is 22.1 Å². The average Bonchev–Trinajstić information content (AvgIpc) is 2.46. The summed E-state index contributed by atoms with van der Waals surface area (Å²) in [4.78, 5) is 18.6. The number of rotatable bonds is 3. The van der Waals surface area contributed by atoms with Gasteiger partial charge in [-0.05, 0) is 58.6 Å². The summed E-state index contributed by atoms with van der Waals surface area (Å²) in [5, 5.41) is 2.97. The molecule has 1 aliphatic rings. The number of alkyl carbamates (subject to hydrolysis) is 1. The van der Waals surface area contributed by atoms with Crippen LogP contribution in [0.3, 0.4) is 0 Å². The van der Waals surface area contributed by atoms with E-state index >= 15 is 0 Å². The minimum atomic E-state index is -0.462. The number of piperidine rings is 1. The van der Waals surface area contributed by atoms with Crippen molar-refractivity contribution in [3.8, 4) is 0 Å². The van der Waals surface area contributed by atoms with E-state index in [-0.39, 0.29) is 12.1 Å². The van der Waals surface area contributed by atoms with Crippen LogP contribution in [0.5, 0.6) is 0 Å². The molecule has 0 unspecified atom stereocenters. The zero-order valence-electron chi connectivity index (χ0n) is 14.0. The normalized spacial score (nSPS) is 20.4. The van der Waals surface area contributed by atoms with Crippen molar-refractivity contribution in [1.82, 2.24) is 10.3 Å². The molecule has 5 heteroatoms. The zero-order chi connectivity index (χ0) is 16.2. The van der Waals surface area contributed by atoms with Gasteiger partial charge in [0.25, 0.3) is 0 Å². The van der Waals surface area contributed by atoms with Crippen molar-refractivity contribution in [3.05, 3.63) is 24.4 Å². The number of nitrogens with one attached hydrogen (secondary N) is 1. The van der Waals surface area contributed by atoms with Crippen molar-refractivity contribution in [1.29, 1.82) is 0 Å². The summed E-state index contributed by atoms with van der Waals surface area (Å²) in [6.07, 6.45) is 3.71. The Balaban J connectivity index is 1.90. The van der Waals surface area contributed by atoms with Gasteiger partial charge < -0.3 is 15.0 Å². The average molecular weight is 305 g/mol. The highest BCUT2D eigenvalue weighted by Crippen LogP contribution is 2.23. The molecule has 2 rings (SSSR count). The van der Waals surface area contributed by atoms with Crippen LogP contribution in [0.4, 0.5) is 10.6 Å². The Hall–Kier alpha value is -1.78. The number of hydrogen-bond acceptors (Lipinski definition) is 4. The molecule has 1 N–H and O–H groups in total. The summed E-state index contributed by atoms with van der Waals surface area (Å²) in [5.74, 6) is 1.42. The Kier molecular flexibility index (Phi) is 5.27. The van der Waals surface area contributed by atoms with Crippen LogP contribution in [-0.2, 0) is 4.74 Å². The fourth-order valence-electron chi connectivity index (χ4n) is 2.78.